The Morgan fingerprint density at radius 3 is 2.60 bits per heavy atom. The van der Waals surface area contributed by atoms with Crippen molar-refractivity contribution in [1.82, 2.24) is 4.98 Å². The number of carbonyl (C=O) groups excluding carboxylic acids is 2. The molecular formula is C11H13NO3. The normalized spacial score (nSPS) is 10.9. The number of ether oxygens (including phenoxy) is 1. The Balaban J connectivity index is 2.87. The Morgan fingerprint density at radius 1 is 1.40 bits per heavy atom. The van der Waals surface area contributed by atoms with Crippen molar-refractivity contribution in [3.63, 3.8) is 0 Å². The lowest BCUT2D eigenvalue weighted by Gasteiger charge is -2.19. The number of esters is 1. The van der Waals surface area contributed by atoms with Crippen LogP contribution in [0.3, 0.4) is 0 Å². The summed E-state index contributed by atoms with van der Waals surface area (Å²) in [5, 5.41) is 0. The number of carbonyl (C=O) groups is 2. The molecule has 1 heterocycles. The van der Waals surface area contributed by atoms with Crippen molar-refractivity contribution in [2.45, 2.75) is 26.4 Å². The highest BCUT2D eigenvalue weighted by atomic mass is 16.6. The number of aldehydes is 1. The second-order valence-electron chi connectivity index (χ2n) is 4.13. The van der Waals surface area contributed by atoms with Crippen molar-refractivity contribution in [2.24, 2.45) is 0 Å². The molecule has 1 aromatic heterocycles. The maximum absolute atomic E-state index is 11.6. The van der Waals surface area contributed by atoms with Gasteiger partial charge in [0.1, 0.15) is 5.60 Å². The summed E-state index contributed by atoms with van der Waals surface area (Å²) in [5.74, 6) is -0.473. The quantitative estimate of drug-likeness (QED) is 0.548. The summed E-state index contributed by atoms with van der Waals surface area (Å²) in [6.45, 7) is 5.34. The monoisotopic (exact) mass is 207 g/mol. The third-order valence-electron chi connectivity index (χ3n) is 1.53. The lowest BCUT2D eigenvalue weighted by molar-refractivity contribution is 0.00691. The zero-order chi connectivity index (χ0) is 11.5. The van der Waals surface area contributed by atoms with Gasteiger partial charge in [0.15, 0.2) is 6.29 Å². The summed E-state index contributed by atoms with van der Waals surface area (Å²) < 4.78 is 5.13. The first kappa shape index (κ1) is 11.4. The predicted molar refractivity (Wildman–Crippen MR) is 54.8 cm³/mol. The van der Waals surface area contributed by atoms with Crippen LogP contribution in [-0.2, 0) is 4.74 Å². The van der Waals surface area contributed by atoms with E-state index in [2.05, 4.69) is 4.98 Å². The topological polar surface area (TPSA) is 56.3 Å². The maximum Gasteiger partial charge on any atom is 0.340 e. The fraction of sp³-hybridized carbons (Fsp3) is 0.364. The molecule has 0 radical (unpaired) electrons. The molecule has 4 heteroatoms. The highest BCUT2D eigenvalue weighted by Crippen LogP contribution is 2.11. The second-order valence-corrected chi connectivity index (χ2v) is 4.13. The standard InChI is InChI=1S/C11H13NO3/c1-11(2,3)15-10(14)9-4-8(7-13)5-12-6-9/h4-7H,1-3H3. The molecule has 0 N–H and O–H groups in total. The van der Waals surface area contributed by atoms with Gasteiger partial charge >= 0.3 is 5.97 Å². The van der Waals surface area contributed by atoms with E-state index in [1.165, 1.54) is 18.5 Å². The van der Waals surface area contributed by atoms with E-state index in [0.29, 0.717) is 11.8 Å². The highest BCUT2D eigenvalue weighted by molar-refractivity contribution is 5.91. The highest BCUT2D eigenvalue weighted by Gasteiger charge is 2.18. The van der Waals surface area contributed by atoms with Crippen molar-refractivity contribution in [1.29, 1.82) is 0 Å². The lowest BCUT2D eigenvalue weighted by Crippen LogP contribution is -2.24. The molecule has 0 bridgehead atoms. The van der Waals surface area contributed by atoms with E-state index in [1.54, 1.807) is 20.8 Å². The number of hydrogen-bond donors (Lipinski definition) is 0. The number of rotatable bonds is 2. The van der Waals surface area contributed by atoms with E-state index in [0.717, 1.165) is 0 Å². The van der Waals surface area contributed by atoms with Crippen LogP contribution in [0.2, 0.25) is 0 Å². The van der Waals surface area contributed by atoms with Crippen LogP contribution in [0, 0.1) is 0 Å². The zero-order valence-electron chi connectivity index (χ0n) is 8.98. The minimum Gasteiger partial charge on any atom is -0.456 e. The molecule has 15 heavy (non-hydrogen) atoms. The lowest BCUT2D eigenvalue weighted by atomic mass is 10.2. The summed E-state index contributed by atoms with van der Waals surface area (Å²) >= 11 is 0. The molecule has 1 rings (SSSR count). The average molecular weight is 207 g/mol. The first-order valence-corrected chi connectivity index (χ1v) is 4.56. The molecule has 0 unspecified atom stereocenters. The molecule has 0 saturated heterocycles. The molecule has 0 aliphatic rings. The molecular weight excluding hydrogens is 194 g/mol. The number of pyridine rings is 1. The maximum atomic E-state index is 11.6. The molecule has 0 fully saturated rings. The summed E-state index contributed by atoms with van der Waals surface area (Å²) in [7, 11) is 0. The van der Waals surface area contributed by atoms with Crippen molar-refractivity contribution in [2.75, 3.05) is 0 Å². The van der Waals surface area contributed by atoms with Gasteiger partial charge in [-0.3, -0.25) is 9.78 Å². The van der Waals surface area contributed by atoms with Crippen molar-refractivity contribution in [3.8, 4) is 0 Å². The van der Waals surface area contributed by atoms with Crippen LogP contribution in [0.15, 0.2) is 18.5 Å². The van der Waals surface area contributed by atoms with Crippen LogP contribution in [0.5, 0.6) is 0 Å². The molecule has 1 aromatic rings. The molecule has 4 nitrogen and oxygen atoms in total. The Bertz CT molecular complexity index is 380. The summed E-state index contributed by atoms with van der Waals surface area (Å²) in [6.07, 6.45) is 3.41. The van der Waals surface area contributed by atoms with Crippen LogP contribution in [0.25, 0.3) is 0 Å². The summed E-state index contributed by atoms with van der Waals surface area (Å²) in [4.78, 5) is 25.8. The van der Waals surface area contributed by atoms with Crippen LogP contribution in [0.1, 0.15) is 41.5 Å². The molecule has 0 saturated carbocycles. The molecule has 80 valence electrons. The minimum atomic E-state index is -0.547. The Labute approximate surface area is 88.3 Å². The first-order chi connectivity index (χ1) is 6.92. The van der Waals surface area contributed by atoms with Crippen molar-refractivity contribution in [3.05, 3.63) is 29.6 Å². The van der Waals surface area contributed by atoms with E-state index < -0.39 is 11.6 Å². The first-order valence-electron chi connectivity index (χ1n) is 4.56. The zero-order valence-corrected chi connectivity index (χ0v) is 8.98. The largest absolute Gasteiger partial charge is 0.456 e. The number of aromatic nitrogens is 1. The summed E-state index contributed by atoms with van der Waals surface area (Å²) in [6, 6.07) is 1.45. The van der Waals surface area contributed by atoms with Gasteiger partial charge in [-0.1, -0.05) is 0 Å². The van der Waals surface area contributed by atoms with Gasteiger partial charge < -0.3 is 4.74 Å². The number of hydrogen-bond acceptors (Lipinski definition) is 4. The van der Waals surface area contributed by atoms with Gasteiger partial charge in [0.05, 0.1) is 5.56 Å². The van der Waals surface area contributed by atoms with Gasteiger partial charge in [-0.2, -0.15) is 0 Å². The fourth-order valence-electron chi connectivity index (χ4n) is 0.971. The predicted octanol–water partition coefficient (Wildman–Crippen LogP) is 1.85. The van der Waals surface area contributed by atoms with Crippen molar-refractivity contribution >= 4 is 12.3 Å². The number of nitrogens with zero attached hydrogens (tertiary/aromatic N) is 1. The Kier molecular flexibility index (Phi) is 3.19. The van der Waals surface area contributed by atoms with Crippen molar-refractivity contribution < 1.29 is 14.3 Å². The Morgan fingerprint density at radius 2 is 2.07 bits per heavy atom. The molecule has 0 spiro atoms. The molecule has 0 atom stereocenters. The second kappa shape index (κ2) is 4.21. The molecule has 0 aliphatic heterocycles. The van der Waals surface area contributed by atoms with Gasteiger partial charge in [0.2, 0.25) is 0 Å². The third kappa shape index (κ3) is 3.50. The SMILES string of the molecule is CC(C)(C)OC(=O)c1cncc(C=O)c1. The smallest absolute Gasteiger partial charge is 0.340 e. The van der Waals surface area contributed by atoms with Crippen LogP contribution in [-0.4, -0.2) is 22.8 Å². The Hall–Kier alpha value is -1.71. The van der Waals surface area contributed by atoms with Gasteiger partial charge in [-0.15, -0.1) is 0 Å². The van der Waals surface area contributed by atoms with E-state index in [1.807, 2.05) is 0 Å². The third-order valence-corrected chi connectivity index (χ3v) is 1.53. The average Bonchev–Trinajstić information content (AvgIpc) is 2.15. The molecule has 0 aromatic carbocycles. The van der Waals surface area contributed by atoms with Gasteiger partial charge in [0.25, 0.3) is 0 Å². The van der Waals surface area contributed by atoms with E-state index in [4.69, 9.17) is 4.74 Å². The van der Waals surface area contributed by atoms with Crippen LogP contribution in [0.4, 0.5) is 0 Å². The van der Waals surface area contributed by atoms with Crippen LogP contribution < -0.4 is 0 Å². The minimum absolute atomic E-state index is 0.287. The molecule has 0 amide bonds. The van der Waals surface area contributed by atoms with Gasteiger partial charge in [0, 0.05) is 18.0 Å². The summed E-state index contributed by atoms with van der Waals surface area (Å²) in [5.41, 5.74) is 0.0988. The van der Waals surface area contributed by atoms with Gasteiger partial charge in [-0.05, 0) is 26.8 Å². The van der Waals surface area contributed by atoms with Crippen LogP contribution >= 0.6 is 0 Å². The fourth-order valence-corrected chi connectivity index (χ4v) is 0.971. The van der Waals surface area contributed by atoms with E-state index in [9.17, 15) is 9.59 Å². The van der Waals surface area contributed by atoms with Gasteiger partial charge in [-0.25, -0.2) is 4.79 Å². The van der Waals surface area contributed by atoms with E-state index in [-0.39, 0.29) is 5.56 Å². The molecule has 0 aliphatic carbocycles. The van der Waals surface area contributed by atoms with E-state index >= 15 is 0 Å².